The molecular formula is C107H98ClN7O9S. The number of hydrogen-bond donors (Lipinski definition) is 7. The van der Waals surface area contributed by atoms with Gasteiger partial charge in [-0.15, -0.1) is 0 Å². The number of halogens is 1. The highest BCUT2D eigenvalue weighted by Gasteiger charge is 2.38. The smallest absolute Gasteiger partial charge is 0.408 e. The highest BCUT2D eigenvalue weighted by molar-refractivity contribution is 7.22. The van der Waals surface area contributed by atoms with Crippen molar-refractivity contribution in [2.45, 2.75) is 109 Å². The van der Waals surface area contributed by atoms with E-state index in [0.717, 1.165) is 117 Å². The number of nitrogens with two attached hydrogens (primary N) is 1. The van der Waals surface area contributed by atoms with Gasteiger partial charge >= 0.3 is 6.09 Å². The van der Waals surface area contributed by atoms with Gasteiger partial charge in [0.05, 0.1) is 27.3 Å². The van der Waals surface area contributed by atoms with Crippen LogP contribution in [0.5, 0.6) is 23.0 Å². The molecule has 2 aliphatic rings. The first kappa shape index (κ1) is 87.1. The van der Waals surface area contributed by atoms with Crippen LogP contribution < -0.4 is 26.4 Å². The van der Waals surface area contributed by atoms with Gasteiger partial charge in [0.15, 0.2) is 16.7 Å². The number of nitrogen functional groups attached to an aromatic ring is 1. The number of thiazole rings is 1. The van der Waals surface area contributed by atoms with Crippen LogP contribution in [0.1, 0.15) is 151 Å². The Balaban J connectivity index is 0.000000128. The summed E-state index contributed by atoms with van der Waals surface area (Å²) in [6.07, 6.45) is 7.82. The topological polar surface area (TPSA) is 248 Å². The summed E-state index contributed by atoms with van der Waals surface area (Å²) in [4.78, 5) is 75.2. The van der Waals surface area contributed by atoms with Gasteiger partial charge in [0, 0.05) is 55.9 Å². The largest absolute Gasteiger partial charge is 0.508 e. The van der Waals surface area contributed by atoms with Crippen LogP contribution in [0.15, 0.2) is 340 Å². The summed E-state index contributed by atoms with van der Waals surface area (Å²) in [7, 11) is 0. The number of amides is 3. The molecule has 0 saturated carbocycles. The fourth-order valence-electron chi connectivity index (χ4n) is 15.8. The molecule has 2 aliphatic carbocycles. The van der Waals surface area contributed by atoms with Crippen LogP contribution in [0.3, 0.4) is 0 Å². The molecule has 3 amide bonds. The van der Waals surface area contributed by atoms with E-state index in [1.165, 1.54) is 39.0 Å². The number of rotatable bonds is 20. The van der Waals surface area contributed by atoms with Gasteiger partial charge < -0.3 is 46.4 Å². The lowest BCUT2D eigenvalue weighted by atomic mass is 9.74. The normalized spacial score (nSPS) is 12.5. The van der Waals surface area contributed by atoms with Crippen LogP contribution in [0.2, 0.25) is 5.02 Å². The molecule has 0 spiro atoms. The van der Waals surface area contributed by atoms with Crippen molar-refractivity contribution >= 4 is 101 Å². The number of ketones is 2. The molecule has 13 aromatic carbocycles. The lowest BCUT2D eigenvalue weighted by Crippen LogP contribution is -2.34. The quantitative estimate of drug-likeness (QED) is 0.0352. The van der Waals surface area contributed by atoms with E-state index in [4.69, 9.17) is 26.8 Å². The van der Waals surface area contributed by atoms with Gasteiger partial charge in [-0.05, 0) is 233 Å². The van der Waals surface area contributed by atoms with E-state index in [1.807, 2.05) is 200 Å². The fraction of sp³-hybridized carbons (Fsp3) is 0.168. The zero-order chi connectivity index (χ0) is 87.2. The number of carbonyl (C=O) groups excluding carboxylic acids is 5. The maximum Gasteiger partial charge on any atom is 0.408 e. The minimum Gasteiger partial charge on any atom is -0.508 e. The Bertz CT molecular complexity index is 6240. The Labute approximate surface area is 737 Å². The molecule has 1 unspecified atom stereocenters. The van der Waals surface area contributed by atoms with Gasteiger partial charge in [-0.2, -0.15) is 0 Å². The van der Waals surface area contributed by atoms with Crippen molar-refractivity contribution in [3.63, 3.8) is 0 Å². The Kier molecular flexibility index (Phi) is 28.6. The first-order chi connectivity index (χ1) is 60.6. The second-order valence-electron chi connectivity index (χ2n) is 32.3. The number of alkyl carbamates (subject to hydrolysis) is 1. The van der Waals surface area contributed by atoms with Crippen LogP contribution in [0, 0.1) is 5.41 Å². The lowest BCUT2D eigenvalue weighted by Gasteiger charge is -2.30. The van der Waals surface area contributed by atoms with E-state index in [2.05, 4.69) is 113 Å². The number of nitrogens with one attached hydrogen (secondary N) is 4. The number of anilines is 3. The van der Waals surface area contributed by atoms with E-state index in [0.29, 0.717) is 67.6 Å². The third-order valence-electron chi connectivity index (χ3n) is 21.9. The average molecular weight is 1690 g/mol. The summed E-state index contributed by atoms with van der Waals surface area (Å²) in [5.41, 5.74) is 24.7. The number of carbonyl (C=O) groups is 5. The molecule has 0 fully saturated rings. The molecule has 18 rings (SSSR count). The van der Waals surface area contributed by atoms with Crippen molar-refractivity contribution in [1.82, 2.24) is 20.3 Å². The molecular weight excluding hydrogens is 1590 g/mol. The number of nitrogens with zero attached hydrogens (tertiary/aromatic N) is 2. The molecule has 125 heavy (non-hydrogen) atoms. The highest BCUT2D eigenvalue weighted by atomic mass is 35.5. The first-order valence-electron chi connectivity index (χ1n) is 41.9. The summed E-state index contributed by atoms with van der Waals surface area (Å²) in [5, 5.41) is 31.6. The molecule has 8 N–H and O–H groups in total. The summed E-state index contributed by atoms with van der Waals surface area (Å²) in [5.74, 6) is 1.37. The van der Waals surface area contributed by atoms with Gasteiger partial charge in [0.1, 0.15) is 35.6 Å². The predicted molar refractivity (Wildman–Crippen MR) is 503 cm³/mol. The van der Waals surface area contributed by atoms with Gasteiger partial charge in [0.25, 0.3) is 5.91 Å². The molecule has 0 radical (unpaired) electrons. The molecule has 1 atom stereocenters. The van der Waals surface area contributed by atoms with E-state index in [9.17, 15) is 34.2 Å². The summed E-state index contributed by atoms with van der Waals surface area (Å²) in [6, 6.07) is 106. The third-order valence-corrected chi connectivity index (χ3v) is 23.1. The van der Waals surface area contributed by atoms with E-state index < -0.39 is 12.1 Å². The molecule has 628 valence electrons. The number of fused-ring (bicyclic) bond motifs is 6. The number of ether oxygens (including phenoxy) is 2. The second kappa shape index (κ2) is 41.1. The Morgan fingerprint density at radius 1 is 0.552 bits per heavy atom. The summed E-state index contributed by atoms with van der Waals surface area (Å²) < 4.78 is 12.1. The van der Waals surface area contributed by atoms with Gasteiger partial charge in [-0.1, -0.05) is 275 Å². The van der Waals surface area contributed by atoms with Gasteiger partial charge in [-0.25, -0.2) is 9.78 Å². The number of aromatic amines is 1. The van der Waals surface area contributed by atoms with Crippen LogP contribution in [-0.2, 0) is 60.1 Å². The SMILES string of the molecule is CC(C)(C)c1ccc2[nH]c3c(c2c1)CCCC3=O.CCCc1cc(N)c2cc(NC(=O)c3ccc(Oc4ccc(Cl)cc4)cc3)ccc2n1.O=C(NC(C(=O)c1ccccc1)c1ccccc1)OCc1ccccc1.O=C(Nc1nc2ccccc2s1)C(c1ccccc1)c1ccccc1.Oc1cccc(CC2(Cc3cccc(O)c3)Cc3ccccc3C2)c1. The number of para-hydroxylation sites is 1. The Morgan fingerprint density at radius 2 is 1.11 bits per heavy atom. The number of phenolic OH excluding ortho intramolecular Hbond substituents is 2. The summed E-state index contributed by atoms with van der Waals surface area (Å²) in [6.45, 7) is 8.92. The number of phenols is 2. The van der Waals surface area contributed by atoms with Crippen molar-refractivity contribution in [2.75, 3.05) is 16.4 Å². The molecule has 3 heterocycles. The molecule has 18 heteroatoms. The molecule has 16 nitrogen and oxygen atoms in total. The number of aryl methyl sites for hydroxylation is 2. The maximum absolute atomic E-state index is 13.0. The molecule has 16 aromatic rings. The number of Topliss-reactive ketones (excluding diaryl/α,β-unsaturated/α-hetero) is 2. The van der Waals surface area contributed by atoms with E-state index in [1.54, 1.807) is 84.9 Å². The highest BCUT2D eigenvalue weighted by Crippen LogP contribution is 2.44. The van der Waals surface area contributed by atoms with Crippen LogP contribution >= 0.6 is 22.9 Å². The predicted octanol–water partition coefficient (Wildman–Crippen LogP) is 24.7. The van der Waals surface area contributed by atoms with Crippen molar-refractivity contribution in [2.24, 2.45) is 5.41 Å². The number of benzene rings is 13. The molecule has 0 saturated heterocycles. The van der Waals surface area contributed by atoms with Crippen molar-refractivity contribution in [3.05, 3.63) is 423 Å². The standard InChI is InChI=1S/C25H22ClN3O2.C23H22O2.C22H19NO3.C21H16N2OS.C16H19NO/c1-2-3-18-15-23(27)22-14-19(8-13-24(22)28-18)29-25(30)16-4-9-20(10-5-16)31-21-11-6-17(26)7-12-21;24-21-9-3-5-17(11-21)13-23(14-18-6-4-10-22(25)12-18)15-19-7-1-2-8-20(19)16-23;24-21(19-14-8-3-9-15-19)20(18-12-6-2-7-13-18)23-22(25)26-16-17-10-4-1-5-11-17;24-20(23-21-22-17-13-7-8-14-18(17)25-21)19(15-9-3-1-4-10-15)16-11-5-2-6-12-16;1-16(2,3)10-7-8-13-12(9-10)11-5-4-6-14(18)15(11)17-13/h4-15H,2-3H2,1H3,(H2,27,28)(H,29,30);1-12,24-25H,13-16H2;1-15,20H,16H2,(H,23,25);1-14,19H,(H,22,23,24);7-9,17H,4-6H2,1-3H3. The van der Waals surface area contributed by atoms with Crippen molar-refractivity contribution < 1.29 is 43.7 Å². The fourth-order valence-corrected chi connectivity index (χ4v) is 16.8. The maximum atomic E-state index is 13.0. The average Bonchev–Trinajstić information content (AvgIpc) is 1.57. The second-order valence-corrected chi connectivity index (χ2v) is 33.8. The van der Waals surface area contributed by atoms with Crippen LogP contribution in [0.25, 0.3) is 32.0 Å². The minimum atomic E-state index is -0.804. The minimum absolute atomic E-state index is 0.0727. The molecule has 0 bridgehead atoms. The lowest BCUT2D eigenvalue weighted by molar-refractivity contribution is -0.116. The monoisotopic (exact) mass is 1690 g/mol. The zero-order valence-corrected chi connectivity index (χ0v) is 71.6. The Morgan fingerprint density at radius 3 is 1.70 bits per heavy atom. The zero-order valence-electron chi connectivity index (χ0n) is 70.1. The Hall–Kier alpha value is -14.3. The number of hydrogen-bond acceptors (Lipinski definition) is 13. The van der Waals surface area contributed by atoms with Crippen LogP contribution in [-0.4, -0.2) is 54.6 Å². The summed E-state index contributed by atoms with van der Waals surface area (Å²) >= 11 is 7.38. The van der Waals surface area contributed by atoms with E-state index >= 15 is 0 Å². The van der Waals surface area contributed by atoms with E-state index in [-0.39, 0.29) is 46.7 Å². The number of pyridine rings is 1. The van der Waals surface area contributed by atoms with Gasteiger partial charge in [0.2, 0.25) is 5.91 Å². The third kappa shape index (κ3) is 23.3. The number of H-pyrrole nitrogens is 1. The molecule has 0 aliphatic heterocycles. The van der Waals surface area contributed by atoms with Crippen LogP contribution in [0.4, 0.5) is 21.3 Å². The van der Waals surface area contributed by atoms with Crippen molar-refractivity contribution in [3.8, 4) is 23.0 Å². The molecule has 3 aromatic heterocycles. The van der Waals surface area contributed by atoms with Gasteiger partial charge in [-0.3, -0.25) is 24.2 Å². The number of aromatic nitrogens is 3. The number of aromatic hydroxyl groups is 2. The van der Waals surface area contributed by atoms with Crippen molar-refractivity contribution in [1.29, 1.82) is 0 Å². The first-order valence-corrected chi connectivity index (χ1v) is 43.1.